The van der Waals surface area contributed by atoms with Crippen molar-refractivity contribution in [2.75, 3.05) is 51.0 Å². The topological polar surface area (TPSA) is 87.7 Å². The van der Waals surface area contributed by atoms with Gasteiger partial charge in [-0.3, -0.25) is 9.69 Å². The van der Waals surface area contributed by atoms with Crippen molar-refractivity contribution in [1.82, 2.24) is 10.2 Å². The van der Waals surface area contributed by atoms with E-state index in [1.54, 1.807) is 0 Å². The van der Waals surface area contributed by atoms with Crippen molar-refractivity contribution in [1.29, 1.82) is 0 Å². The Balaban J connectivity index is 1.71. The van der Waals surface area contributed by atoms with Gasteiger partial charge in [0.2, 0.25) is 5.91 Å². The lowest BCUT2D eigenvalue weighted by Crippen LogP contribution is -2.55. The van der Waals surface area contributed by atoms with Gasteiger partial charge in [0.15, 0.2) is 14.6 Å². The van der Waals surface area contributed by atoms with Crippen molar-refractivity contribution in [2.45, 2.75) is 30.6 Å². The molecule has 7 nitrogen and oxygen atoms in total. The fourth-order valence-corrected chi connectivity index (χ4v) is 5.20. The molecular formula is C19H29N3O4S. The lowest BCUT2D eigenvalue weighted by Gasteiger charge is -2.34. The van der Waals surface area contributed by atoms with Gasteiger partial charge in [-0.15, -0.1) is 0 Å². The number of anilines is 1. The zero-order chi connectivity index (χ0) is 19.5. The van der Waals surface area contributed by atoms with E-state index >= 15 is 0 Å². The summed E-state index contributed by atoms with van der Waals surface area (Å²) in [5.74, 6) is -0.430. The number of morpholine rings is 1. The van der Waals surface area contributed by atoms with E-state index in [9.17, 15) is 13.2 Å². The quantitative estimate of drug-likeness (QED) is 0.779. The first-order valence-corrected chi connectivity index (χ1v) is 11.4. The van der Waals surface area contributed by atoms with Crippen LogP contribution >= 0.6 is 0 Å². The first-order chi connectivity index (χ1) is 12.8. The van der Waals surface area contributed by atoms with Gasteiger partial charge in [0.1, 0.15) is 0 Å². The number of hydrogen-bond donors (Lipinski definition) is 2. The Morgan fingerprint density at radius 3 is 2.33 bits per heavy atom. The van der Waals surface area contributed by atoms with Gasteiger partial charge in [-0.05, 0) is 50.6 Å². The highest BCUT2D eigenvalue weighted by atomic mass is 32.2. The molecule has 2 saturated heterocycles. The minimum Gasteiger partial charge on any atom is -0.379 e. The molecule has 0 aromatic heterocycles. The van der Waals surface area contributed by atoms with Crippen LogP contribution in [0.1, 0.15) is 31.4 Å². The largest absolute Gasteiger partial charge is 0.379 e. The Labute approximate surface area is 161 Å². The molecule has 2 fully saturated rings. The third kappa shape index (κ3) is 4.34. The summed E-state index contributed by atoms with van der Waals surface area (Å²) in [4.78, 5) is 15.2. The molecule has 0 spiro atoms. The molecule has 0 saturated carbocycles. The lowest BCUT2D eigenvalue weighted by molar-refractivity contribution is -0.119. The molecule has 2 N–H and O–H groups in total. The number of piperidine rings is 1. The maximum absolute atomic E-state index is 12.9. The van der Waals surface area contributed by atoms with E-state index in [4.69, 9.17) is 4.74 Å². The number of nitrogens with one attached hydrogen (secondary N) is 2. The molecule has 0 bridgehead atoms. The van der Waals surface area contributed by atoms with E-state index in [-0.39, 0.29) is 6.04 Å². The molecule has 1 atom stereocenters. The summed E-state index contributed by atoms with van der Waals surface area (Å²) in [5, 5.41) is 5.95. The molecule has 150 valence electrons. The van der Waals surface area contributed by atoms with Crippen LogP contribution in [0.5, 0.6) is 0 Å². The minimum absolute atomic E-state index is 0.269. The van der Waals surface area contributed by atoms with Crippen molar-refractivity contribution in [3.63, 3.8) is 0 Å². The Morgan fingerprint density at radius 2 is 1.78 bits per heavy atom. The van der Waals surface area contributed by atoms with Crippen molar-refractivity contribution < 1.29 is 17.9 Å². The highest BCUT2D eigenvalue weighted by Gasteiger charge is 2.48. The van der Waals surface area contributed by atoms with Crippen LogP contribution in [0, 0.1) is 0 Å². The van der Waals surface area contributed by atoms with Gasteiger partial charge in [-0.25, -0.2) is 8.42 Å². The van der Waals surface area contributed by atoms with Gasteiger partial charge in [0, 0.05) is 31.1 Å². The van der Waals surface area contributed by atoms with Gasteiger partial charge < -0.3 is 15.4 Å². The standard InChI is InChI=1S/C19H29N3O4S/c1-15(22-11-13-26-14-12-22)16-3-5-17(6-4-16)21-18(23)19(27(2,24)25)7-9-20-10-8-19/h3-6,15,20H,7-14H2,1-2H3,(H,21,23). The SMILES string of the molecule is CC(c1ccc(NC(=O)C2(S(C)(=O)=O)CCNCC2)cc1)N1CCOCC1. The molecule has 1 unspecified atom stereocenters. The molecule has 2 aliphatic heterocycles. The summed E-state index contributed by atoms with van der Waals surface area (Å²) in [6.07, 6.45) is 1.75. The molecule has 1 aromatic rings. The third-order valence-corrected chi connectivity index (χ3v) is 7.79. The molecule has 1 amide bonds. The lowest BCUT2D eigenvalue weighted by atomic mass is 9.95. The van der Waals surface area contributed by atoms with Crippen molar-refractivity contribution in [3.8, 4) is 0 Å². The van der Waals surface area contributed by atoms with Crippen molar-refractivity contribution in [3.05, 3.63) is 29.8 Å². The Morgan fingerprint density at radius 1 is 1.19 bits per heavy atom. The van der Waals surface area contributed by atoms with Gasteiger partial charge in [-0.2, -0.15) is 0 Å². The second-order valence-corrected chi connectivity index (χ2v) is 9.74. The number of nitrogens with zero attached hydrogens (tertiary/aromatic N) is 1. The number of sulfone groups is 1. The first kappa shape index (κ1) is 20.3. The molecule has 2 heterocycles. The zero-order valence-corrected chi connectivity index (χ0v) is 16.8. The van der Waals surface area contributed by atoms with Gasteiger partial charge in [0.05, 0.1) is 13.2 Å². The van der Waals surface area contributed by atoms with Crippen molar-refractivity contribution >= 4 is 21.4 Å². The molecule has 8 heteroatoms. The average molecular weight is 396 g/mol. The summed E-state index contributed by atoms with van der Waals surface area (Å²) in [6.45, 7) is 6.52. The predicted octanol–water partition coefficient (Wildman–Crippen LogP) is 1.19. The molecule has 0 aliphatic carbocycles. The first-order valence-electron chi connectivity index (χ1n) is 9.47. The minimum atomic E-state index is -3.51. The molecule has 1 aromatic carbocycles. The summed E-state index contributed by atoms with van der Waals surface area (Å²) in [7, 11) is -3.51. The van der Waals surface area contributed by atoms with Crippen LogP contribution in [0.4, 0.5) is 5.69 Å². The molecule has 3 rings (SSSR count). The normalized spacial score (nSPS) is 22.1. The maximum Gasteiger partial charge on any atom is 0.245 e. The number of amides is 1. The highest BCUT2D eigenvalue weighted by molar-refractivity contribution is 7.92. The predicted molar refractivity (Wildman–Crippen MR) is 106 cm³/mol. The summed E-state index contributed by atoms with van der Waals surface area (Å²) in [5.41, 5.74) is 1.79. The van der Waals surface area contributed by atoms with Crippen LogP contribution in [0.25, 0.3) is 0 Å². The second kappa shape index (κ2) is 8.26. The maximum atomic E-state index is 12.9. The number of carbonyl (C=O) groups excluding carboxylic acids is 1. The third-order valence-electron chi connectivity index (χ3n) is 5.78. The van der Waals surface area contributed by atoms with E-state index in [0.29, 0.717) is 31.6 Å². The fraction of sp³-hybridized carbons (Fsp3) is 0.632. The monoisotopic (exact) mass is 395 g/mol. The Hall–Kier alpha value is -1.48. The molecule has 27 heavy (non-hydrogen) atoms. The molecular weight excluding hydrogens is 366 g/mol. The van der Waals surface area contributed by atoms with Crippen LogP contribution in [-0.4, -0.2) is 69.6 Å². The number of carbonyl (C=O) groups is 1. The number of ether oxygens (including phenoxy) is 1. The molecule has 2 aliphatic rings. The average Bonchev–Trinajstić information content (AvgIpc) is 2.68. The van der Waals surface area contributed by atoms with E-state index in [1.165, 1.54) is 0 Å². The van der Waals surface area contributed by atoms with Gasteiger partial charge in [-0.1, -0.05) is 12.1 Å². The number of rotatable bonds is 5. The number of benzene rings is 1. The van der Waals surface area contributed by atoms with Gasteiger partial charge in [0.25, 0.3) is 0 Å². The van der Waals surface area contributed by atoms with Crippen LogP contribution in [-0.2, 0) is 19.4 Å². The van der Waals surface area contributed by atoms with Crippen LogP contribution in [0.2, 0.25) is 0 Å². The molecule has 0 radical (unpaired) electrons. The fourth-order valence-electron chi connectivity index (χ4n) is 3.86. The second-order valence-electron chi connectivity index (χ2n) is 7.42. The summed E-state index contributed by atoms with van der Waals surface area (Å²) in [6, 6.07) is 7.95. The van der Waals surface area contributed by atoms with Crippen LogP contribution in [0.15, 0.2) is 24.3 Å². The van der Waals surface area contributed by atoms with E-state index in [2.05, 4.69) is 22.5 Å². The van der Waals surface area contributed by atoms with Gasteiger partial charge >= 0.3 is 0 Å². The Kier molecular flexibility index (Phi) is 6.20. The smallest absolute Gasteiger partial charge is 0.245 e. The summed E-state index contributed by atoms with van der Waals surface area (Å²) >= 11 is 0. The van der Waals surface area contributed by atoms with Crippen LogP contribution in [0.3, 0.4) is 0 Å². The van der Waals surface area contributed by atoms with E-state index in [0.717, 1.165) is 38.1 Å². The van der Waals surface area contributed by atoms with Crippen molar-refractivity contribution in [2.24, 2.45) is 0 Å². The van der Waals surface area contributed by atoms with Crippen LogP contribution < -0.4 is 10.6 Å². The number of hydrogen-bond acceptors (Lipinski definition) is 6. The Bertz CT molecular complexity index is 752. The summed E-state index contributed by atoms with van der Waals surface area (Å²) < 4.78 is 28.8. The highest BCUT2D eigenvalue weighted by Crippen LogP contribution is 2.30. The van der Waals surface area contributed by atoms with E-state index in [1.807, 2.05) is 24.3 Å². The zero-order valence-electron chi connectivity index (χ0n) is 16.0. The van der Waals surface area contributed by atoms with E-state index < -0.39 is 20.5 Å².